The van der Waals surface area contributed by atoms with E-state index in [0.717, 1.165) is 25.9 Å². The lowest BCUT2D eigenvalue weighted by Gasteiger charge is -2.33. The van der Waals surface area contributed by atoms with Crippen molar-refractivity contribution in [2.24, 2.45) is 11.7 Å². The van der Waals surface area contributed by atoms with E-state index < -0.39 is 0 Å². The Morgan fingerprint density at radius 3 is 3.00 bits per heavy atom. The van der Waals surface area contributed by atoms with Gasteiger partial charge in [0, 0.05) is 20.2 Å². The van der Waals surface area contributed by atoms with Crippen molar-refractivity contribution in [2.45, 2.75) is 32.3 Å². The van der Waals surface area contributed by atoms with Gasteiger partial charge in [0.2, 0.25) is 0 Å². The molecule has 1 rings (SSSR count). The first-order chi connectivity index (χ1) is 7.19. The first kappa shape index (κ1) is 12.5. The highest BCUT2D eigenvalue weighted by molar-refractivity contribution is 5.80. The molecule has 0 aromatic rings. The molecule has 4 heteroatoms. The van der Waals surface area contributed by atoms with Gasteiger partial charge >= 0.3 is 0 Å². The maximum Gasteiger partial charge on any atom is 0.251 e. The average Bonchev–Trinajstić information content (AvgIpc) is 2.28. The van der Waals surface area contributed by atoms with E-state index in [-0.39, 0.29) is 12.0 Å². The standard InChI is InChI=1S/C11H22N2O2/c1-9(15-2)11(14)13-7-3-4-10(8-13)5-6-12/h9-10H,3-8,12H2,1-2H3. The number of likely N-dealkylation sites (tertiary alicyclic amines) is 1. The van der Waals surface area contributed by atoms with Gasteiger partial charge < -0.3 is 15.4 Å². The van der Waals surface area contributed by atoms with Crippen LogP contribution in [-0.4, -0.2) is 43.7 Å². The molecular weight excluding hydrogens is 192 g/mol. The Bertz CT molecular complexity index is 207. The quantitative estimate of drug-likeness (QED) is 0.746. The van der Waals surface area contributed by atoms with E-state index in [9.17, 15) is 4.79 Å². The molecule has 1 aliphatic rings. The molecule has 1 fully saturated rings. The zero-order valence-electron chi connectivity index (χ0n) is 9.74. The normalized spacial score (nSPS) is 23.9. The van der Waals surface area contributed by atoms with Crippen LogP contribution < -0.4 is 5.73 Å². The molecular formula is C11H22N2O2. The third-order valence-electron chi connectivity index (χ3n) is 3.11. The predicted molar refractivity (Wildman–Crippen MR) is 59.4 cm³/mol. The topological polar surface area (TPSA) is 55.6 Å². The minimum atomic E-state index is -0.318. The number of carbonyl (C=O) groups excluding carboxylic acids is 1. The summed E-state index contributed by atoms with van der Waals surface area (Å²) in [4.78, 5) is 13.8. The molecule has 0 spiro atoms. The molecule has 1 aliphatic heterocycles. The fourth-order valence-corrected chi connectivity index (χ4v) is 2.09. The molecule has 15 heavy (non-hydrogen) atoms. The molecule has 1 saturated heterocycles. The number of hydrogen-bond acceptors (Lipinski definition) is 3. The lowest BCUT2D eigenvalue weighted by molar-refractivity contribution is -0.142. The molecule has 2 atom stereocenters. The van der Waals surface area contributed by atoms with Gasteiger partial charge in [0.1, 0.15) is 6.10 Å². The lowest BCUT2D eigenvalue weighted by Crippen LogP contribution is -2.45. The van der Waals surface area contributed by atoms with Crippen molar-refractivity contribution in [3.8, 4) is 0 Å². The van der Waals surface area contributed by atoms with Crippen LogP contribution in [0.5, 0.6) is 0 Å². The number of hydrogen-bond donors (Lipinski definition) is 1. The van der Waals surface area contributed by atoms with Gasteiger partial charge in [0.05, 0.1) is 0 Å². The summed E-state index contributed by atoms with van der Waals surface area (Å²) in [5.74, 6) is 0.691. The Morgan fingerprint density at radius 2 is 2.40 bits per heavy atom. The van der Waals surface area contributed by atoms with Crippen molar-refractivity contribution < 1.29 is 9.53 Å². The number of rotatable bonds is 4. The van der Waals surface area contributed by atoms with Crippen molar-refractivity contribution in [1.29, 1.82) is 0 Å². The Balaban J connectivity index is 2.44. The number of carbonyl (C=O) groups is 1. The summed E-state index contributed by atoms with van der Waals surface area (Å²) in [6.45, 7) is 4.23. The lowest BCUT2D eigenvalue weighted by atomic mass is 9.94. The second kappa shape index (κ2) is 6.08. The van der Waals surface area contributed by atoms with Crippen molar-refractivity contribution in [3.63, 3.8) is 0 Å². The molecule has 0 radical (unpaired) electrons. The average molecular weight is 214 g/mol. The monoisotopic (exact) mass is 214 g/mol. The highest BCUT2D eigenvalue weighted by Crippen LogP contribution is 2.19. The molecule has 88 valence electrons. The molecule has 0 bridgehead atoms. The zero-order valence-corrected chi connectivity index (χ0v) is 9.74. The van der Waals surface area contributed by atoms with Crippen LogP contribution >= 0.6 is 0 Å². The maximum atomic E-state index is 11.8. The van der Waals surface area contributed by atoms with E-state index >= 15 is 0 Å². The van der Waals surface area contributed by atoms with Crippen molar-refractivity contribution in [3.05, 3.63) is 0 Å². The first-order valence-electron chi connectivity index (χ1n) is 5.70. The molecule has 0 aromatic carbocycles. The van der Waals surface area contributed by atoms with Gasteiger partial charge in [-0.2, -0.15) is 0 Å². The number of methoxy groups -OCH3 is 1. The fourth-order valence-electron chi connectivity index (χ4n) is 2.09. The van der Waals surface area contributed by atoms with E-state index in [1.807, 2.05) is 4.90 Å². The van der Waals surface area contributed by atoms with Crippen LogP contribution in [0, 0.1) is 5.92 Å². The van der Waals surface area contributed by atoms with Crippen LogP contribution in [0.15, 0.2) is 0 Å². The van der Waals surface area contributed by atoms with Gasteiger partial charge in [-0.1, -0.05) is 0 Å². The van der Waals surface area contributed by atoms with Crippen molar-refractivity contribution >= 4 is 5.91 Å². The molecule has 2 unspecified atom stereocenters. The number of ether oxygens (including phenoxy) is 1. The zero-order chi connectivity index (χ0) is 11.3. The second-order valence-corrected chi connectivity index (χ2v) is 4.25. The molecule has 4 nitrogen and oxygen atoms in total. The van der Waals surface area contributed by atoms with E-state index in [1.54, 1.807) is 14.0 Å². The van der Waals surface area contributed by atoms with Crippen LogP contribution in [0.25, 0.3) is 0 Å². The van der Waals surface area contributed by atoms with Crippen LogP contribution in [0.4, 0.5) is 0 Å². The first-order valence-corrected chi connectivity index (χ1v) is 5.70. The summed E-state index contributed by atoms with van der Waals surface area (Å²) in [6, 6.07) is 0. The SMILES string of the molecule is COC(C)C(=O)N1CCCC(CCN)C1. The van der Waals surface area contributed by atoms with Gasteiger partial charge in [-0.05, 0) is 38.6 Å². The Hall–Kier alpha value is -0.610. The van der Waals surface area contributed by atoms with E-state index in [2.05, 4.69) is 0 Å². The van der Waals surface area contributed by atoms with Gasteiger partial charge in [-0.15, -0.1) is 0 Å². The number of nitrogens with two attached hydrogens (primary N) is 1. The van der Waals surface area contributed by atoms with Crippen LogP contribution in [0.3, 0.4) is 0 Å². The second-order valence-electron chi connectivity index (χ2n) is 4.25. The summed E-state index contributed by atoms with van der Waals surface area (Å²) < 4.78 is 5.04. The molecule has 1 heterocycles. The summed E-state index contributed by atoms with van der Waals surface area (Å²) in [5.41, 5.74) is 5.54. The third kappa shape index (κ3) is 3.47. The smallest absolute Gasteiger partial charge is 0.251 e. The molecule has 0 aliphatic carbocycles. The van der Waals surface area contributed by atoms with E-state index in [4.69, 9.17) is 10.5 Å². The van der Waals surface area contributed by atoms with Crippen LogP contribution in [-0.2, 0) is 9.53 Å². The summed E-state index contributed by atoms with van der Waals surface area (Å²) in [5, 5.41) is 0. The van der Waals surface area contributed by atoms with Crippen molar-refractivity contribution in [1.82, 2.24) is 4.90 Å². The van der Waals surface area contributed by atoms with Crippen molar-refractivity contribution in [2.75, 3.05) is 26.7 Å². The van der Waals surface area contributed by atoms with Crippen LogP contribution in [0.2, 0.25) is 0 Å². The third-order valence-corrected chi connectivity index (χ3v) is 3.11. The van der Waals surface area contributed by atoms with Gasteiger partial charge in [0.15, 0.2) is 0 Å². The fraction of sp³-hybridized carbons (Fsp3) is 0.909. The molecule has 1 amide bonds. The summed E-state index contributed by atoms with van der Waals surface area (Å²) in [7, 11) is 1.57. The Kier molecular flexibility index (Phi) is 5.05. The Morgan fingerprint density at radius 1 is 1.67 bits per heavy atom. The van der Waals surface area contributed by atoms with Gasteiger partial charge in [0.25, 0.3) is 5.91 Å². The van der Waals surface area contributed by atoms with E-state index in [0.29, 0.717) is 12.5 Å². The van der Waals surface area contributed by atoms with Gasteiger partial charge in [-0.3, -0.25) is 4.79 Å². The minimum absolute atomic E-state index is 0.110. The Labute approximate surface area is 91.8 Å². The molecule has 0 aromatic heterocycles. The maximum absolute atomic E-state index is 11.8. The van der Waals surface area contributed by atoms with Crippen LogP contribution in [0.1, 0.15) is 26.2 Å². The highest BCUT2D eigenvalue weighted by Gasteiger charge is 2.26. The number of amides is 1. The highest BCUT2D eigenvalue weighted by atomic mass is 16.5. The predicted octanol–water partition coefficient (Wildman–Crippen LogP) is 0.609. The van der Waals surface area contributed by atoms with Gasteiger partial charge in [-0.25, -0.2) is 0 Å². The number of piperidine rings is 1. The summed E-state index contributed by atoms with van der Waals surface area (Å²) >= 11 is 0. The summed E-state index contributed by atoms with van der Waals surface area (Å²) in [6.07, 6.45) is 2.99. The van der Waals surface area contributed by atoms with E-state index in [1.165, 1.54) is 6.42 Å². The minimum Gasteiger partial charge on any atom is -0.372 e. The largest absolute Gasteiger partial charge is 0.372 e. The number of nitrogens with zero attached hydrogens (tertiary/aromatic N) is 1. The molecule has 0 saturated carbocycles. The molecule has 2 N–H and O–H groups in total.